The van der Waals surface area contributed by atoms with Crippen LogP contribution in [0.15, 0.2) is 24.3 Å². The third-order valence-electron chi connectivity index (χ3n) is 5.22. The first-order chi connectivity index (χ1) is 10.6. The van der Waals surface area contributed by atoms with Gasteiger partial charge < -0.3 is 10.2 Å². The highest BCUT2D eigenvalue weighted by Gasteiger charge is 2.34. The Morgan fingerprint density at radius 2 is 1.91 bits per heavy atom. The van der Waals surface area contributed by atoms with E-state index in [0.717, 1.165) is 38.8 Å². The van der Waals surface area contributed by atoms with Crippen molar-refractivity contribution in [2.75, 3.05) is 13.1 Å². The van der Waals surface area contributed by atoms with Gasteiger partial charge in [0.25, 0.3) is 0 Å². The number of hydrogen-bond acceptors (Lipinski definition) is 2. The van der Waals surface area contributed by atoms with E-state index in [4.69, 9.17) is 0 Å². The van der Waals surface area contributed by atoms with Gasteiger partial charge in [-0.05, 0) is 58.1 Å². The number of nitrogens with zero attached hydrogens (tertiary/aromatic N) is 1. The van der Waals surface area contributed by atoms with Gasteiger partial charge in [0.05, 0.1) is 6.04 Å². The molecule has 2 heterocycles. The molecule has 3 atom stereocenters. The fraction of sp³-hybridized carbons (Fsp3) is 0.632. The molecule has 0 radical (unpaired) electrons. The molecule has 1 unspecified atom stereocenters. The number of hydrogen-bond donors (Lipinski definition) is 1. The van der Waals surface area contributed by atoms with Gasteiger partial charge in [-0.15, -0.1) is 12.4 Å². The molecule has 1 aromatic carbocycles. The zero-order valence-corrected chi connectivity index (χ0v) is 15.1. The summed E-state index contributed by atoms with van der Waals surface area (Å²) in [4.78, 5) is 15.2. The fourth-order valence-electron chi connectivity index (χ4n) is 3.92. The van der Waals surface area contributed by atoms with E-state index < -0.39 is 0 Å². The molecule has 2 saturated heterocycles. The molecule has 2 aliphatic heterocycles. The van der Waals surface area contributed by atoms with Crippen molar-refractivity contribution in [1.29, 1.82) is 0 Å². The van der Waals surface area contributed by atoms with E-state index in [1.807, 2.05) is 0 Å². The Morgan fingerprint density at radius 3 is 2.61 bits per heavy atom. The van der Waals surface area contributed by atoms with Gasteiger partial charge in [0.2, 0.25) is 5.91 Å². The summed E-state index contributed by atoms with van der Waals surface area (Å²) in [6.45, 7) is 6.20. The number of likely N-dealkylation sites (tertiary alicyclic amines) is 1. The maximum absolute atomic E-state index is 13.0. The van der Waals surface area contributed by atoms with Gasteiger partial charge >= 0.3 is 0 Å². The second-order valence-electron chi connectivity index (χ2n) is 7.03. The lowest BCUT2D eigenvalue weighted by molar-refractivity contribution is -0.140. The highest BCUT2D eigenvalue weighted by molar-refractivity contribution is 5.85. The summed E-state index contributed by atoms with van der Waals surface area (Å²) in [7, 11) is 0. The third kappa shape index (κ3) is 4.27. The Hall–Kier alpha value is -1.06. The number of carbonyl (C=O) groups is 1. The van der Waals surface area contributed by atoms with Gasteiger partial charge in [-0.3, -0.25) is 4.79 Å². The van der Waals surface area contributed by atoms with Crippen LogP contribution in [0.25, 0.3) is 0 Å². The van der Waals surface area contributed by atoms with Crippen LogP contribution < -0.4 is 5.32 Å². The Morgan fingerprint density at radius 1 is 1.17 bits per heavy atom. The summed E-state index contributed by atoms with van der Waals surface area (Å²) in [5.74, 6) is 0.598. The quantitative estimate of drug-likeness (QED) is 0.889. The number of rotatable bonds is 2. The lowest BCUT2D eigenvalue weighted by atomic mass is 9.88. The highest BCUT2D eigenvalue weighted by atomic mass is 35.5. The van der Waals surface area contributed by atoms with E-state index in [9.17, 15) is 4.79 Å². The molecule has 0 aliphatic carbocycles. The molecule has 0 aromatic heterocycles. The van der Waals surface area contributed by atoms with Crippen LogP contribution in [0, 0.1) is 12.8 Å². The van der Waals surface area contributed by atoms with Crippen molar-refractivity contribution in [3.63, 3.8) is 0 Å². The Balaban J connectivity index is 0.00000192. The summed E-state index contributed by atoms with van der Waals surface area (Å²) in [6, 6.07) is 9.49. The first kappa shape index (κ1) is 18.3. The maximum Gasteiger partial charge on any atom is 0.226 e. The molecule has 2 fully saturated rings. The Labute approximate surface area is 146 Å². The van der Waals surface area contributed by atoms with Crippen molar-refractivity contribution in [2.45, 2.75) is 58.0 Å². The average Bonchev–Trinajstić information content (AvgIpc) is 2.55. The van der Waals surface area contributed by atoms with E-state index in [-0.39, 0.29) is 24.4 Å². The molecule has 3 nitrogen and oxygen atoms in total. The second-order valence-corrected chi connectivity index (χ2v) is 7.03. The minimum Gasteiger partial charge on any atom is -0.335 e. The van der Waals surface area contributed by atoms with Crippen molar-refractivity contribution in [3.05, 3.63) is 35.4 Å². The lowest BCUT2D eigenvalue weighted by Crippen LogP contribution is -2.46. The first-order valence-electron chi connectivity index (χ1n) is 8.75. The van der Waals surface area contributed by atoms with Crippen molar-refractivity contribution < 1.29 is 4.79 Å². The summed E-state index contributed by atoms with van der Waals surface area (Å²) in [5, 5.41) is 3.45. The van der Waals surface area contributed by atoms with Crippen LogP contribution in [0.2, 0.25) is 0 Å². The van der Waals surface area contributed by atoms with Crippen molar-refractivity contribution in [3.8, 4) is 0 Å². The molecule has 1 amide bonds. The van der Waals surface area contributed by atoms with Gasteiger partial charge in [-0.2, -0.15) is 0 Å². The van der Waals surface area contributed by atoms with E-state index in [2.05, 4.69) is 48.3 Å². The Kier molecular flexibility index (Phi) is 6.49. The fourth-order valence-corrected chi connectivity index (χ4v) is 3.92. The van der Waals surface area contributed by atoms with Crippen LogP contribution in [0.4, 0.5) is 0 Å². The standard InChI is InChI=1S/C19H28N2O.ClH/c1-14-6-8-16(9-7-14)18-5-3-4-12-21(18)19(22)17-10-11-20-15(2)13-17;/h6-9,15,17-18,20H,3-5,10-13H2,1-2H3;1H/t15-,17-,18?;/m0./s1. The number of carbonyl (C=O) groups excluding carboxylic acids is 1. The number of amides is 1. The van der Waals surface area contributed by atoms with Crippen molar-refractivity contribution >= 4 is 18.3 Å². The van der Waals surface area contributed by atoms with Crippen LogP contribution in [0.3, 0.4) is 0 Å². The zero-order chi connectivity index (χ0) is 15.5. The van der Waals surface area contributed by atoms with E-state index in [0.29, 0.717) is 11.9 Å². The van der Waals surface area contributed by atoms with E-state index in [1.165, 1.54) is 17.5 Å². The number of halogens is 1. The average molecular weight is 337 g/mol. The van der Waals surface area contributed by atoms with Crippen LogP contribution in [-0.4, -0.2) is 29.9 Å². The van der Waals surface area contributed by atoms with Crippen molar-refractivity contribution in [2.24, 2.45) is 5.92 Å². The molecule has 128 valence electrons. The maximum atomic E-state index is 13.0. The van der Waals surface area contributed by atoms with Gasteiger partial charge in [0, 0.05) is 18.5 Å². The minimum absolute atomic E-state index is 0. The topological polar surface area (TPSA) is 32.3 Å². The first-order valence-corrected chi connectivity index (χ1v) is 8.75. The Bertz CT molecular complexity index is 517. The smallest absolute Gasteiger partial charge is 0.226 e. The lowest BCUT2D eigenvalue weighted by Gasteiger charge is -2.40. The number of benzene rings is 1. The van der Waals surface area contributed by atoms with E-state index >= 15 is 0 Å². The summed E-state index contributed by atoms with van der Waals surface area (Å²) < 4.78 is 0. The number of piperidine rings is 2. The normalized spacial score (nSPS) is 28.1. The second kappa shape index (κ2) is 8.16. The molecule has 0 saturated carbocycles. The SMILES string of the molecule is Cc1ccc(C2CCCCN2C(=O)[C@H]2CCN[C@@H](C)C2)cc1.Cl. The van der Waals surface area contributed by atoms with Gasteiger partial charge in [0.15, 0.2) is 0 Å². The van der Waals surface area contributed by atoms with Crippen LogP contribution in [0.5, 0.6) is 0 Å². The molecule has 1 N–H and O–H groups in total. The zero-order valence-electron chi connectivity index (χ0n) is 14.3. The predicted octanol–water partition coefficient (Wildman–Crippen LogP) is 3.86. The molecular formula is C19H29ClN2O. The monoisotopic (exact) mass is 336 g/mol. The summed E-state index contributed by atoms with van der Waals surface area (Å²) >= 11 is 0. The van der Waals surface area contributed by atoms with Crippen LogP contribution >= 0.6 is 12.4 Å². The number of nitrogens with one attached hydrogen (secondary N) is 1. The van der Waals surface area contributed by atoms with Gasteiger partial charge in [0.1, 0.15) is 0 Å². The molecule has 3 rings (SSSR count). The largest absolute Gasteiger partial charge is 0.335 e. The molecule has 1 aromatic rings. The molecular weight excluding hydrogens is 308 g/mol. The van der Waals surface area contributed by atoms with Gasteiger partial charge in [-0.25, -0.2) is 0 Å². The van der Waals surface area contributed by atoms with Crippen molar-refractivity contribution in [1.82, 2.24) is 10.2 Å². The predicted molar refractivity (Wildman–Crippen MR) is 96.9 cm³/mol. The third-order valence-corrected chi connectivity index (χ3v) is 5.22. The van der Waals surface area contributed by atoms with E-state index in [1.54, 1.807) is 0 Å². The molecule has 4 heteroatoms. The highest BCUT2D eigenvalue weighted by Crippen LogP contribution is 2.33. The summed E-state index contributed by atoms with van der Waals surface area (Å²) in [6.07, 6.45) is 5.45. The molecule has 0 bridgehead atoms. The van der Waals surface area contributed by atoms with Crippen LogP contribution in [-0.2, 0) is 4.79 Å². The summed E-state index contributed by atoms with van der Waals surface area (Å²) in [5.41, 5.74) is 2.59. The van der Waals surface area contributed by atoms with Gasteiger partial charge in [-0.1, -0.05) is 29.8 Å². The molecule has 23 heavy (non-hydrogen) atoms. The molecule has 0 spiro atoms. The van der Waals surface area contributed by atoms with Crippen LogP contribution in [0.1, 0.15) is 56.2 Å². The minimum atomic E-state index is 0. The number of aryl methyl sites for hydroxylation is 1. The molecule has 2 aliphatic rings.